The lowest BCUT2D eigenvalue weighted by atomic mass is 10.3. The van der Waals surface area contributed by atoms with Gasteiger partial charge in [-0.15, -0.1) is 11.8 Å². The van der Waals surface area contributed by atoms with E-state index in [4.69, 9.17) is 0 Å². The van der Waals surface area contributed by atoms with Crippen LogP contribution in [0.5, 0.6) is 0 Å². The van der Waals surface area contributed by atoms with Crippen LogP contribution in [0.3, 0.4) is 0 Å². The summed E-state index contributed by atoms with van der Waals surface area (Å²) in [4.78, 5) is 13.0. The van der Waals surface area contributed by atoms with Gasteiger partial charge in [-0.2, -0.15) is 0 Å². The molecule has 0 heterocycles. The van der Waals surface area contributed by atoms with Crippen molar-refractivity contribution in [3.8, 4) is 0 Å². The molecule has 0 saturated heterocycles. The molecule has 0 saturated carbocycles. The largest absolute Gasteiger partial charge is 0.334 e. The van der Waals surface area contributed by atoms with Gasteiger partial charge < -0.3 is 10.6 Å². The maximum absolute atomic E-state index is 11.8. The normalized spacial score (nSPS) is 14.3. The Morgan fingerprint density at radius 3 is 2.33 bits per heavy atom. The Morgan fingerprint density at radius 2 is 1.86 bits per heavy atom. The quantitative estimate of drug-likeness (QED) is 0.814. The van der Waals surface area contributed by atoms with Crippen molar-refractivity contribution in [3.63, 3.8) is 0 Å². The van der Waals surface area contributed by atoms with Crippen molar-refractivity contribution in [3.05, 3.63) is 24.3 Å². The van der Waals surface area contributed by atoms with Gasteiger partial charge in [-0.3, -0.25) is 4.21 Å². The van der Waals surface area contributed by atoms with Gasteiger partial charge in [0.15, 0.2) is 0 Å². The second kappa shape index (κ2) is 7.84. The Morgan fingerprint density at radius 1 is 1.29 bits per heavy atom. The maximum Gasteiger partial charge on any atom is 0.319 e. The number of rotatable bonds is 5. The van der Waals surface area contributed by atoms with Gasteiger partial charge in [-0.1, -0.05) is 20.8 Å². The lowest BCUT2D eigenvalue weighted by Gasteiger charge is -2.18. The van der Waals surface area contributed by atoms with Crippen LogP contribution in [-0.2, 0) is 10.8 Å². The highest BCUT2D eigenvalue weighted by atomic mass is 32.2. The average Bonchev–Trinajstić information content (AvgIpc) is 2.28. The Kier molecular flexibility index (Phi) is 6.74. The molecule has 0 bridgehead atoms. The molecule has 1 rings (SSSR count). The van der Waals surface area contributed by atoms with Crippen LogP contribution in [0.4, 0.5) is 10.5 Å². The Hall–Kier alpha value is -1.01. The Labute approximate surface area is 133 Å². The molecule has 2 amide bonds. The smallest absolute Gasteiger partial charge is 0.319 e. The molecule has 0 aromatic heterocycles. The number of thioether (sulfide) groups is 1. The molecule has 0 aliphatic heterocycles. The summed E-state index contributed by atoms with van der Waals surface area (Å²) in [7, 11) is -0.917. The third kappa shape index (κ3) is 8.12. The molecule has 0 spiro atoms. The molecule has 0 aliphatic rings. The lowest BCUT2D eigenvalue weighted by Crippen LogP contribution is -2.39. The van der Waals surface area contributed by atoms with Crippen LogP contribution in [0.25, 0.3) is 0 Å². The Bertz CT molecular complexity index is 495. The summed E-state index contributed by atoms with van der Waals surface area (Å²) >= 11 is 1.78. The van der Waals surface area contributed by atoms with Crippen LogP contribution in [0, 0.1) is 0 Å². The first-order valence-electron chi connectivity index (χ1n) is 6.82. The lowest BCUT2D eigenvalue weighted by molar-refractivity contribution is 0.250. The van der Waals surface area contributed by atoms with Crippen LogP contribution in [0.1, 0.15) is 27.7 Å². The van der Waals surface area contributed by atoms with E-state index in [2.05, 4.69) is 31.4 Å². The molecule has 2 atom stereocenters. The van der Waals surface area contributed by atoms with Crippen molar-refractivity contribution in [2.24, 2.45) is 0 Å². The van der Waals surface area contributed by atoms with Gasteiger partial charge in [0.05, 0.1) is 0 Å². The van der Waals surface area contributed by atoms with E-state index in [-0.39, 0.29) is 16.8 Å². The predicted octanol–water partition coefficient (Wildman–Crippen LogP) is 3.47. The zero-order valence-electron chi connectivity index (χ0n) is 13.2. The van der Waals surface area contributed by atoms with Crippen molar-refractivity contribution in [2.45, 2.75) is 43.4 Å². The molecule has 1 aromatic carbocycles. The molecule has 0 unspecified atom stereocenters. The number of urea groups is 1. The summed E-state index contributed by atoms with van der Waals surface area (Å²) in [6.45, 7) is 8.33. The zero-order chi connectivity index (χ0) is 16.0. The average molecular weight is 329 g/mol. The number of hydrogen-bond donors (Lipinski definition) is 2. The first kappa shape index (κ1) is 18.0. The van der Waals surface area contributed by atoms with E-state index >= 15 is 0 Å². The Balaban J connectivity index is 2.52. The van der Waals surface area contributed by atoms with Crippen molar-refractivity contribution < 1.29 is 9.00 Å². The van der Waals surface area contributed by atoms with Gasteiger partial charge in [-0.25, -0.2) is 4.79 Å². The van der Waals surface area contributed by atoms with E-state index in [1.807, 2.05) is 31.2 Å². The van der Waals surface area contributed by atoms with Gasteiger partial charge in [0.1, 0.15) is 0 Å². The second-order valence-electron chi connectivity index (χ2n) is 5.98. The summed E-state index contributed by atoms with van der Waals surface area (Å²) in [6, 6.07) is 7.37. The fourth-order valence-electron chi connectivity index (χ4n) is 1.74. The highest BCUT2D eigenvalue weighted by Gasteiger charge is 2.12. The van der Waals surface area contributed by atoms with Gasteiger partial charge in [-0.05, 0) is 31.2 Å². The van der Waals surface area contributed by atoms with Gasteiger partial charge in [0.2, 0.25) is 0 Å². The number of amides is 2. The summed E-state index contributed by atoms with van der Waals surface area (Å²) < 4.78 is 11.2. The van der Waals surface area contributed by atoms with E-state index in [1.54, 1.807) is 18.0 Å². The fraction of sp³-hybridized carbons (Fsp3) is 0.533. The molecule has 4 nitrogen and oxygen atoms in total. The minimum absolute atomic E-state index is 0.119. The van der Waals surface area contributed by atoms with E-state index in [9.17, 15) is 9.00 Å². The number of carbonyl (C=O) groups excluding carboxylic acids is 1. The first-order chi connectivity index (χ1) is 9.65. The highest BCUT2D eigenvalue weighted by molar-refractivity contribution is 8.00. The molecule has 1 aromatic rings. The van der Waals surface area contributed by atoms with E-state index < -0.39 is 10.8 Å². The van der Waals surface area contributed by atoms with Gasteiger partial charge in [0, 0.05) is 44.2 Å². The fourth-order valence-corrected chi connectivity index (χ4v) is 3.51. The molecule has 21 heavy (non-hydrogen) atoms. The predicted molar refractivity (Wildman–Crippen MR) is 92.6 cm³/mol. The number of nitrogens with one attached hydrogen (secondary N) is 2. The van der Waals surface area contributed by atoms with Gasteiger partial charge >= 0.3 is 6.03 Å². The molecule has 6 heteroatoms. The maximum atomic E-state index is 11.8. The minimum Gasteiger partial charge on any atom is -0.334 e. The van der Waals surface area contributed by atoms with Crippen molar-refractivity contribution in [1.82, 2.24) is 5.32 Å². The standard InChI is InChI=1S/C15H24N2O2S2/c1-11(10-21(5)19)16-14(18)17-12-6-8-13(9-7-12)20-15(2,3)4/h6-9,11H,10H2,1-5H3,(H2,16,17,18)/t11-,21-/m1/s1. The van der Waals surface area contributed by atoms with Crippen LogP contribution in [0.2, 0.25) is 0 Å². The summed E-state index contributed by atoms with van der Waals surface area (Å²) in [5.74, 6) is 0.453. The number of benzene rings is 1. The molecular weight excluding hydrogens is 304 g/mol. The number of carbonyl (C=O) groups is 1. The molecule has 0 aliphatic carbocycles. The molecule has 0 radical (unpaired) electrons. The summed E-state index contributed by atoms with van der Waals surface area (Å²) in [6.07, 6.45) is 1.63. The minimum atomic E-state index is -0.917. The molecular formula is C15H24N2O2S2. The summed E-state index contributed by atoms with van der Waals surface area (Å²) in [5, 5.41) is 5.54. The van der Waals surface area contributed by atoms with E-state index in [1.165, 1.54) is 4.90 Å². The molecule has 0 fully saturated rings. The van der Waals surface area contributed by atoms with E-state index in [0.29, 0.717) is 5.75 Å². The number of anilines is 1. The zero-order valence-corrected chi connectivity index (χ0v) is 14.9. The number of hydrogen-bond acceptors (Lipinski definition) is 3. The SMILES string of the molecule is C[C@H](C[S@@](C)=O)NC(=O)Nc1ccc(SC(C)(C)C)cc1. The van der Waals surface area contributed by atoms with Crippen LogP contribution in [-0.4, -0.2) is 33.0 Å². The van der Waals surface area contributed by atoms with Crippen LogP contribution in [0.15, 0.2) is 29.2 Å². The summed E-state index contributed by atoms with van der Waals surface area (Å²) in [5.41, 5.74) is 0.746. The van der Waals surface area contributed by atoms with E-state index in [0.717, 1.165) is 5.69 Å². The highest BCUT2D eigenvalue weighted by Crippen LogP contribution is 2.32. The van der Waals surface area contributed by atoms with Crippen LogP contribution >= 0.6 is 11.8 Å². The molecule has 118 valence electrons. The third-order valence-electron chi connectivity index (χ3n) is 2.40. The third-order valence-corrected chi connectivity index (χ3v) is 4.49. The topological polar surface area (TPSA) is 58.2 Å². The van der Waals surface area contributed by atoms with Crippen molar-refractivity contribution in [2.75, 3.05) is 17.3 Å². The van der Waals surface area contributed by atoms with Crippen molar-refractivity contribution in [1.29, 1.82) is 0 Å². The van der Waals surface area contributed by atoms with Crippen molar-refractivity contribution >= 4 is 34.3 Å². The monoisotopic (exact) mass is 328 g/mol. The second-order valence-corrected chi connectivity index (χ2v) is 9.36. The van der Waals surface area contributed by atoms with Crippen LogP contribution < -0.4 is 10.6 Å². The van der Waals surface area contributed by atoms with Gasteiger partial charge in [0.25, 0.3) is 0 Å². The molecule has 2 N–H and O–H groups in total. The first-order valence-corrected chi connectivity index (χ1v) is 9.37.